The summed E-state index contributed by atoms with van der Waals surface area (Å²) in [7, 11) is 1.78. The van der Waals surface area contributed by atoms with Crippen molar-refractivity contribution in [3.8, 4) is 0 Å². The molecule has 2 N–H and O–H groups in total. The summed E-state index contributed by atoms with van der Waals surface area (Å²) in [5.41, 5.74) is 1.14. The molecule has 22 heavy (non-hydrogen) atoms. The number of nitrogens with zero attached hydrogens (tertiary/aromatic N) is 3. The Morgan fingerprint density at radius 2 is 2.05 bits per heavy atom. The van der Waals surface area contributed by atoms with Gasteiger partial charge in [-0.25, -0.2) is 9.97 Å². The van der Waals surface area contributed by atoms with Crippen LogP contribution in [0.25, 0.3) is 0 Å². The van der Waals surface area contributed by atoms with Crippen molar-refractivity contribution in [2.45, 2.75) is 40.2 Å². The van der Waals surface area contributed by atoms with Crippen LogP contribution in [0.5, 0.6) is 0 Å². The van der Waals surface area contributed by atoms with E-state index in [4.69, 9.17) is 0 Å². The zero-order valence-electron chi connectivity index (χ0n) is 13.6. The van der Waals surface area contributed by atoms with E-state index < -0.39 is 0 Å². The quantitative estimate of drug-likeness (QED) is 0.628. The first-order chi connectivity index (χ1) is 10.6. The lowest BCUT2D eigenvalue weighted by atomic mass is 10.4. The molecule has 0 saturated heterocycles. The van der Waals surface area contributed by atoms with Gasteiger partial charge in [0.1, 0.15) is 5.01 Å². The van der Waals surface area contributed by atoms with Gasteiger partial charge in [0, 0.05) is 36.0 Å². The van der Waals surface area contributed by atoms with Gasteiger partial charge in [-0.3, -0.25) is 4.99 Å². The van der Waals surface area contributed by atoms with Crippen LogP contribution in [-0.4, -0.2) is 29.5 Å². The van der Waals surface area contributed by atoms with E-state index >= 15 is 0 Å². The van der Waals surface area contributed by atoms with Gasteiger partial charge in [-0.1, -0.05) is 6.92 Å². The molecule has 0 spiro atoms. The van der Waals surface area contributed by atoms with Gasteiger partial charge in [-0.2, -0.15) is 0 Å². The number of aromatic nitrogens is 2. The van der Waals surface area contributed by atoms with Crippen molar-refractivity contribution in [2.24, 2.45) is 4.99 Å². The van der Waals surface area contributed by atoms with Crippen LogP contribution in [0.15, 0.2) is 11.2 Å². The van der Waals surface area contributed by atoms with Gasteiger partial charge in [0.2, 0.25) is 0 Å². The topological polar surface area (TPSA) is 62.2 Å². The van der Waals surface area contributed by atoms with Crippen LogP contribution in [0.1, 0.15) is 32.4 Å². The molecule has 0 unspecified atom stereocenters. The third-order valence-corrected chi connectivity index (χ3v) is 5.56. The van der Waals surface area contributed by atoms with Crippen LogP contribution in [0, 0.1) is 13.8 Å². The Morgan fingerprint density at radius 1 is 1.23 bits per heavy atom. The Morgan fingerprint density at radius 3 is 2.64 bits per heavy atom. The molecule has 0 amide bonds. The summed E-state index contributed by atoms with van der Waals surface area (Å²) in [6.45, 7) is 7.85. The number of aliphatic imine (C=N–C) groups is 1. The van der Waals surface area contributed by atoms with Crippen LogP contribution in [0.4, 0.5) is 0 Å². The average molecular weight is 338 g/mol. The second-order valence-corrected chi connectivity index (χ2v) is 7.41. The summed E-state index contributed by atoms with van der Waals surface area (Å²) in [5, 5.41) is 8.88. The first-order valence-electron chi connectivity index (χ1n) is 7.43. The largest absolute Gasteiger partial charge is 0.356 e. The molecule has 120 valence electrons. The van der Waals surface area contributed by atoms with Crippen LogP contribution in [0.3, 0.4) is 0 Å². The van der Waals surface area contributed by atoms with Gasteiger partial charge in [0.05, 0.1) is 17.2 Å². The van der Waals surface area contributed by atoms with Gasteiger partial charge in [-0.15, -0.1) is 22.7 Å². The molecule has 2 aromatic rings. The molecule has 2 aromatic heterocycles. The Bertz CT molecular complexity index is 610. The maximum Gasteiger partial charge on any atom is 0.191 e. The van der Waals surface area contributed by atoms with Crippen LogP contribution in [0.2, 0.25) is 0 Å². The predicted molar refractivity (Wildman–Crippen MR) is 95.0 cm³/mol. The second kappa shape index (κ2) is 8.24. The van der Waals surface area contributed by atoms with E-state index in [-0.39, 0.29) is 0 Å². The fourth-order valence-electron chi connectivity index (χ4n) is 1.91. The van der Waals surface area contributed by atoms with E-state index in [0.717, 1.165) is 36.0 Å². The van der Waals surface area contributed by atoms with E-state index in [9.17, 15) is 0 Å². The highest BCUT2D eigenvalue weighted by molar-refractivity contribution is 7.11. The van der Waals surface area contributed by atoms with E-state index in [1.54, 1.807) is 29.7 Å². The minimum Gasteiger partial charge on any atom is -0.356 e. The standard InChI is InChI=1S/C15H23N5S2/c1-5-12-8-18-14(22-12)9-19-15(16-4)17-7-6-13-20-10(2)11(3)21-13/h8H,5-7,9H2,1-4H3,(H2,16,17,19). The SMILES string of the molecule is CCc1cnc(CNC(=NC)NCCc2nc(C)c(C)s2)s1. The van der Waals surface area contributed by atoms with Crippen molar-refractivity contribution in [2.75, 3.05) is 13.6 Å². The first-order valence-corrected chi connectivity index (χ1v) is 9.06. The van der Waals surface area contributed by atoms with Crippen LogP contribution < -0.4 is 10.6 Å². The smallest absolute Gasteiger partial charge is 0.191 e. The molecule has 0 aliphatic heterocycles. The molecule has 0 saturated carbocycles. The maximum absolute atomic E-state index is 4.55. The average Bonchev–Trinajstić information content (AvgIpc) is 3.09. The van der Waals surface area contributed by atoms with Crippen molar-refractivity contribution >= 4 is 28.6 Å². The van der Waals surface area contributed by atoms with Crippen LogP contribution in [-0.2, 0) is 19.4 Å². The van der Waals surface area contributed by atoms with Crippen molar-refractivity contribution in [1.82, 2.24) is 20.6 Å². The normalized spacial score (nSPS) is 11.7. The van der Waals surface area contributed by atoms with Gasteiger partial charge in [-0.05, 0) is 20.3 Å². The third kappa shape index (κ3) is 4.78. The predicted octanol–water partition coefficient (Wildman–Crippen LogP) is 2.69. The van der Waals surface area contributed by atoms with Gasteiger partial charge < -0.3 is 10.6 Å². The number of rotatable bonds is 6. The first kappa shape index (κ1) is 16.9. The number of nitrogens with one attached hydrogen (secondary N) is 2. The fourth-order valence-corrected chi connectivity index (χ4v) is 3.64. The fraction of sp³-hybridized carbons (Fsp3) is 0.533. The molecule has 0 atom stereocenters. The Balaban J connectivity index is 1.75. The van der Waals surface area contributed by atoms with E-state index in [0.29, 0.717) is 6.54 Å². The van der Waals surface area contributed by atoms with Crippen molar-refractivity contribution in [1.29, 1.82) is 0 Å². The number of aryl methyl sites for hydroxylation is 3. The lowest BCUT2D eigenvalue weighted by Gasteiger charge is -2.09. The molecule has 0 aliphatic carbocycles. The summed E-state index contributed by atoms with van der Waals surface area (Å²) in [4.78, 5) is 15.8. The number of guanidine groups is 1. The molecule has 7 heteroatoms. The molecule has 2 heterocycles. The number of hydrogen-bond donors (Lipinski definition) is 2. The molecular formula is C15H23N5S2. The molecule has 0 radical (unpaired) electrons. The van der Waals surface area contributed by atoms with Crippen LogP contribution >= 0.6 is 22.7 Å². The summed E-state index contributed by atoms with van der Waals surface area (Å²) in [5.74, 6) is 0.804. The van der Waals surface area contributed by atoms with Crippen molar-refractivity contribution < 1.29 is 0 Å². The highest BCUT2D eigenvalue weighted by Crippen LogP contribution is 2.16. The Labute approximate surface area is 139 Å². The minimum absolute atomic E-state index is 0.708. The Kier molecular flexibility index (Phi) is 6.33. The van der Waals surface area contributed by atoms with Gasteiger partial charge in [0.25, 0.3) is 0 Å². The highest BCUT2D eigenvalue weighted by atomic mass is 32.1. The molecule has 0 aliphatic rings. The Hall–Kier alpha value is -1.47. The second-order valence-electron chi connectivity index (χ2n) is 4.93. The third-order valence-electron chi connectivity index (χ3n) is 3.28. The lowest BCUT2D eigenvalue weighted by Crippen LogP contribution is -2.37. The molecule has 5 nitrogen and oxygen atoms in total. The minimum atomic E-state index is 0.708. The molecule has 2 rings (SSSR count). The van der Waals surface area contributed by atoms with E-state index in [2.05, 4.69) is 46.4 Å². The van der Waals surface area contributed by atoms with Crippen molar-refractivity contribution in [3.05, 3.63) is 31.7 Å². The van der Waals surface area contributed by atoms with E-state index in [1.807, 2.05) is 6.20 Å². The molecule has 0 fully saturated rings. The van der Waals surface area contributed by atoms with E-state index in [1.165, 1.54) is 14.8 Å². The highest BCUT2D eigenvalue weighted by Gasteiger charge is 2.05. The van der Waals surface area contributed by atoms with Gasteiger partial charge >= 0.3 is 0 Å². The van der Waals surface area contributed by atoms with Gasteiger partial charge in [0.15, 0.2) is 5.96 Å². The number of hydrogen-bond acceptors (Lipinski definition) is 5. The molecule has 0 aromatic carbocycles. The zero-order chi connectivity index (χ0) is 15.9. The molecular weight excluding hydrogens is 314 g/mol. The zero-order valence-corrected chi connectivity index (χ0v) is 15.2. The lowest BCUT2D eigenvalue weighted by molar-refractivity contribution is 0.788. The summed E-state index contributed by atoms with van der Waals surface area (Å²) in [6, 6.07) is 0. The molecule has 0 bridgehead atoms. The summed E-state index contributed by atoms with van der Waals surface area (Å²) in [6.07, 6.45) is 3.90. The number of thiazole rings is 2. The summed E-state index contributed by atoms with van der Waals surface area (Å²) >= 11 is 3.52. The summed E-state index contributed by atoms with van der Waals surface area (Å²) < 4.78 is 0. The maximum atomic E-state index is 4.55. The monoisotopic (exact) mass is 337 g/mol. The van der Waals surface area contributed by atoms with Crippen molar-refractivity contribution in [3.63, 3.8) is 0 Å².